The summed E-state index contributed by atoms with van der Waals surface area (Å²) in [5, 5.41) is 2.93. The summed E-state index contributed by atoms with van der Waals surface area (Å²) < 4.78 is 10.6. The molecule has 25 heavy (non-hydrogen) atoms. The number of carbonyl (C=O) groups excluding carboxylic acids is 2. The highest BCUT2D eigenvalue weighted by Gasteiger charge is 2.22. The maximum atomic E-state index is 12.6. The van der Waals surface area contributed by atoms with Crippen LogP contribution in [0.3, 0.4) is 0 Å². The molecular formula is C19H26N2O4. The van der Waals surface area contributed by atoms with E-state index in [-0.39, 0.29) is 11.8 Å². The van der Waals surface area contributed by atoms with Gasteiger partial charge < -0.3 is 19.7 Å². The number of amides is 2. The van der Waals surface area contributed by atoms with Crippen molar-refractivity contribution in [3.63, 3.8) is 0 Å². The van der Waals surface area contributed by atoms with Gasteiger partial charge in [0.2, 0.25) is 5.91 Å². The van der Waals surface area contributed by atoms with Gasteiger partial charge in [0.1, 0.15) is 5.75 Å². The second-order valence-electron chi connectivity index (χ2n) is 6.72. The first-order valence-corrected chi connectivity index (χ1v) is 9.02. The Balaban J connectivity index is 1.70. The fraction of sp³-hybridized carbons (Fsp3) is 0.579. The topological polar surface area (TPSA) is 67.9 Å². The summed E-state index contributed by atoms with van der Waals surface area (Å²) in [6.45, 7) is 2.31. The van der Waals surface area contributed by atoms with Gasteiger partial charge in [0.05, 0.1) is 26.0 Å². The average Bonchev–Trinajstić information content (AvgIpc) is 3.14. The third kappa shape index (κ3) is 4.51. The highest BCUT2D eigenvalue weighted by atomic mass is 16.5. The van der Waals surface area contributed by atoms with E-state index in [0.29, 0.717) is 55.6 Å². The van der Waals surface area contributed by atoms with Crippen molar-refractivity contribution in [3.05, 3.63) is 23.8 Å². The van der Waals surface area contributed by atoms with Crippen LogP contribution in [-0.2, 0) is 9.53 Å². The normalized spacial score (nSPS) is 18.2. The summed E-state index contributed by atoms with van der Waals surface area (Å²) >= 11 is 0. The standard InChI is InChI=1S/C19H26N2O4/c1-24-17-7-6-15(19(23)21-8-10-25-11-9-21)13-16(17)20-18(22)12-14-4-2-3-5-14/h6-7,13-14H,2-5,8-12H2,1H3,(H,20,22). The molecule has 1 aliphatic heterocycles. The van der Waals surface area contributed by atoms with Gasteiger partial charge in [0, 0.05) is 25.1 Å². The van der Waals surface area contributed by atoms with Crippen molar-refractivity contribution >= 4 is 17.5 Å². The number of nitrogens with one attached hydrogen (secondary N) is 1. The third-order valence-electron chi connectivity index (χ3n) is 4.97. The van der Waals surface area contributed by atoms with Crippen molar-refractivity contribution in [2.45, 2.75) is 32.1 Å². The average molecular weight is 346 g/mol. The number of rotatable bonds is 5. The number of hydrogen-bond acceptors (Lipinski definition) is 4. The Bertz CT molecular complexity index is 620. The van der Waals surface area contributed by atoms with Gasteiger partial charge in [-0.3, -0.25) is 9.59 Å². The lowest BCUT2D eigenvalue weighted by molar-refractivity contribution is -0.117. The van der Waals surface area contributed by atoms with Crippen molar-refractivity contribution in [2.75, 3.05) is 38.7 Å². The molecule has 1 saturated heterocycles. The van der Waals surface area contributed by atoms with Crippen LogP contribution in [0.2, 0.25) is 0 Å². The van der Waals surface area contributed by atoms with E-state index in [9.17, 15) is 9.59 Å². The first kappa shape index (κ1) is 17.7. The molecule has 0 bridgehead atoms. The Morgan fingerprint density at radius 2 is 1.96 bits per heavy atom. The Labute approximate surface area is 148 Å². The molecular weight excluding hydrogens is 320 g/mol. The van der Waals surface area contributed by atoms with Crippen LogP contribution in [0.1, 0.15) is 42.5 Å². The van der Waals surface area contributed by atoms with E-state index in [1.807, 2.05) is 0 Å². The molecule has 1 saturated carbocycles. The number of morpholine rings is 1. The molecule has 0 aromatic heterocycles. The minimum Gasteiger partial charge on any atom is -0.495 e. The molecule has 0 unspecified atom stereocenters. The SMILES string of the molecule is COc1ccc(C(=O)N2CCOCC2)cc1NC(=O)CC1CCCC1. The van der Waals surface area contributed by atoms with Crippen molar-refractivity contribution < 1.29 is 19.1 Å². The molecule has 0 radical (unpaired) electrons. The molecule has 6 nitrogen and oxygen atoms in total. The summed E-state index contributed by atoms with van der Waals surface area (Å²) in [7, 11) is 1.56. The number of nitrogens with zero attached hydrogens (tertiary/aromatic N) is 1. The van der Waals surface area contributed by atoms with Gasteiger partial charge in [0.25, 0.3) is 5.91 Å². The predicted molar refractivity (Wildman–Crippen MR) is 94.9 cm³/mol. The van der Waals surface area contributed by atoms with Crippen molar-refractivity contribution in [2.24, 2.45) is 5.92 Å². The summed E-state index contributed by atoms with van der Waals surface area (Å²) in [4.78, 5) is 26.7. The zero-order valence-corrected chi connectivity index (χ0v) is 14.8. The Kier molecular flexibility index (Phi) is 5.91. The lowest BCUT2D eigenvalue weighted by Gasteiger charge is -2.27. The molecule has 1 aromatic carbocycles. The second-order valence-corrected chi connectivity index (χ2v) is 6.72. The zero-order chi connectivity index (χ0) is 17.6. The quantitative estimate of drug-likeness (QED) is 0.890. The number of methoxy groups -OCH3 is 1. The van der Waals surface area contributed by atoms with Crippen LogP contribution in [0.25, 0.3) is 0 Å². The number of benzene rings is 1. The van der Waals surface area contributed by atoms with Gasteiger partial charge >= 0.3 is 0 Å². The maximum absolute atomic E-state index is 12.6. The summed E-state index contributed by atoms with van der Waals surface area (Å²) in [6, 6.07) is 5.19. The minimum atomic E-state index is -0.0442. The summed E-state index contributed by atoms with van der Waals surface area (Å²) in [5.41, 5.74) is 1.11. The van der Waals surface area contributed by atoms with Crippen LogP contribution < -0.4 is 10.1 Å². The molecule has 1 N–H and O–H groups in total. The smallest absolute Gasteiger partial charge is 0.254 e. The molecule has 2 aliphatic rings. The molecule has 1 heterocycles. The molecule has 0 spiro atoms. The fourth-order valence-electron chi connectivity index (χ4n) is 3.57. The number of carbonyl (C=O) groups is 2. The van der Waals surface area contributed by atoms with Crippen molar-refractivity contribution in [1.29, 1.82) is 0 Å². The first-order chi connectivity index (χ1) is 12.2. The van der Waals surface area contributed by atoms with Crippen molar-refractivity contribution in [3.8, 4) is 5.75 Å². The molecule has 0 atom stereocenters. The van der Waals surface area contributed by atoms with Gasteiger partial charge in [-0.25, -0.2) is 0 Å². The summed E-state index contributed by atoms with van der Waals surface area (Å²) in [5.74, 6) is 0.987. The molecule has 2 fully saturated rings. The van der Waals surface area contributed by atoms with E-state index in [2.05, 4.69) is 5.32 Å². The second kappa shape index (κ2) is 8.34. The van der Waals surface area contributed by atoms with E-state index in [1.54, 1.807) is 30.2 Å². The minimum absolute atomic E-state index is 0.0128. The zero-order valence-electron chi connectivity index (χ0n) is 14.8. The Hall–Kier alpha value is -2.08. The number of ether oxygens (including phenoxy) is 2. The lowest BCUT2D eigenvalue weighted by Crippen LogP contribution is -2.40. The first-order valence-electron chi connectivity index (χ1n) is 9.02. The molecule has 6 heteroatoms. The highest BCUT2D eigenvalue weighted by Crippen LogP contribution is 2.30. The van der Waals surface area contributed by atoms with E-state index in [1.165, 1.54) is 12.8 Å². The van der Waals surface area contributed by atoms with Gasteiger partial charge in [-0.15, -0.1) is 0 Å². The number of hydrogen-bond donors (Lipinski definition) is 1. The molecule has 3 rings (SSSR count). The monoisotopic (exact) mass is 346 g/mol. The molecule has 2 amide bonds. The van der Waals surface area contributed by atoms with Crippen LogP contribution in [0, 0.1) is 5.92 Å². The fourth-order valence-corrected chi connectivity index (χ4v) is 3.57. The van der Waals surface area contributed by atoms with Crippen molar-refractivity contribution in [1.82, 2.24) is 4.90 Å². The largest absolute Gasteiger partial charge is 0.495 e. The molecule has 1 aliphatic carbocycles. The Morgan fingerprint density at radius 1 is 1.24 bits per heavy atom. The summed E-state index contributed by atoms with van der Waals surface area (Å²) in [6.07, 6.45) is 5.21. The van der Waals surface area contributed by atoms with E-state index >= 15 is 0 Å². The van der Waals surface area contributed by atoms with Gasteiger partial charge in [0.15, 0.2) is 0 Å². The lowest BCUT2D eigenvalue weighted by atomic mass is 10.0. The van der Waals surface area contributed by atoms with Gasteiger partial charge in [-0.2, -0.15) is 0 Å². The van der Waals surface area contributed by atoms with Gasteiger partial charge in [-0.1, -0.05) is 12.8 Å². The van der Waals surface area contributed by atoms with E-state index in [0.717, 1.165) is 12.8 Å². The van der Waals surface area contributed by atoms with Crippen LogP contribution >= 0.6 is 0 Å². The predicted octanol–water partition coefficient (Wildman–Crippen LogP) is 2.69. The van der Waals surface area contributed by atoms with Crippen LogP contribution in [0.4, 0.5) is 5.69 Å². The number of anilines is 1. The van der Waals surface area contributed by atoms with Gasteiger partial charge in [-0.05, 0) is 37.0 Å². The Morgan fingerprint density at radius 3 is 2.64 bits per heavy atom. The molecule has 1 aromatic rings. The molecule has 136 valence electrons. The maximum Gasteiger partial charge on any atom is 0.254 e. The van der Waals surface area contributed by atoms with E-state index in [4.69, 9.17) is 9.47 Å². The third-order valence-corrected chi connectivity index (χ3v) is 4.97. The van der Waals surface area contributed by atoms with E-state index < -0.39 is 0 Å². The highest BCUT2D eigenvalue weighted by molar-refractivity contribution is 5.98. The van der Waals surface area contributed by atoms with Crippen LogP contribution in [-0.4, -0.2) is 50.1 Å². The van der Waals surface area contributed by atoms with Crippen LogP contribution in [0.5, 0.6) is 5.75 Å². The van der Waals surface area contributed by atoms with Crippen LogP contribution in [0.15, 0.2) is 18.2 Å².